The summed E-state index contributed by atoms with van der Waals surface area (Å²) in [6.07, 6.45) is -4.39. The topological polar surface area (TPSA) is 75.6 Å². The molecule has 2 N–H and O–H groups in total. The van der Waals surface area contributed by atoms with Crippen molar-refractivity contribution in [1.29, 1.82) is 0 Å². The third-order valence-electron chi connectivity index (χ3n) is 2.56. The van der Waals surface area contributed by atoms with Crippen molar-refractivity contribution in [1.82, 2.24) is 5.32 Å². The number of hydrogen-bond donors (Lipinski definition) is 2. The number of ether oxygens (including phenoxy) is 1. The highest BCUT2D eigenvalue weighted by Gasteiger charge is 2.28. The van der Waals surface area contributed by atoms with Gasteiger partial charge in [-0.15, -0.1) is 11.8 Å². The molecule has 0 fully saturated rings. The molecule has 1 aromatic rings. The van der Waals surface area contributed by atoms with Crippen LogP contribution < -0.4 is 10.1 Å². The van der Waals surface area contributed by atoms with E-state index in [0.717, 1.165) is 0 Å². The molecule has 1 atom stereocenters. The predicted molar refractivity (Wildman–Crippen MR) is 79.9 cm³/mol. The normalized spacial score (nSPS) is 12.6. The van der Waals surface area contributed by atoms with E-state index in [2.05, 4.69) is 5.32 Å². The Hall–Kier alpha value is -1.61. The van der Waals surface area contributed by atoms with Crippen LogP contribution in [-0.4, -0.2) is 41.8 Å². The monoisotopic (exact) mass is 371 g/mol. The third-order valence-corrected chi connectivity index (χ3v) is 3.85. The number of carboxylic acid groups (broad SMARTS) is 1. The molecule has 0 spiro atoms. The van der Waals surface area contributed by atoms with Crippen LogP contribution in [0, 0.1) is 0 Å². The van der Waals surface area contributed by atoms with Crippen LogP contribution in [-0.2, 0) is 9.59 Å². The zero-order valence-electron chi connectivity index (χ0n) is 11.8. The van der Waals surface area contributed by atoms with Crippen LogP contribution in [0.3, 0.4) is 0 Å². The maximum atomic E-state index is 12.0. The van der Waals surface area contributed by atoms with E-state index in [9.17, 15) is 27.9 Å². The maximum absolute atomic E-state index is 12.0. The van der Waals surface area contributed by atoms with Crippen molar-refractivity contribution >= 4 is 35.2 Å². The lowest BCUT2D eigenvalue weighted by Gasteiger charge is -2.16. The molecule has 5 nitrogen and oxygen atoms in total. The summed E-state index contributed by atoms with van der Waals surface area (Å²) in [6.45, 7) is 0. The highest BCUT2D eigenvalue weighted by atomic mass is 35.5. The molecule has 10 heteroatoms. The summed E-state index contributed by atoms with van der Waals surface area (Å²) in [7, 11) is 1.38. The Morgan fingerprint density at radius 3 is 2.57 bits per heavy atom. The Kier molecular flexibility index (Phi) is 7.01. The van der Waals surface area contributed by atoms with E-state index in [1.165, 1.54) is 25.3 Å². The average Bonchev–Trinajstić information content (AvgIpc) is 2.43. The summed E-state index contributed by atoms with van der Waals surface area (Å²) in [5.74, 6) is -3.55. The van der Waals surface area contributed by atoms with Gasteiger partial charge in [-0.3, -0.25) is 4.79 Å². The molecule has 128 valence electrons. The fourth-order valence-corrected chi connectivity index (χ4v) is 2.48. The van der Waals surface area contributed by atoms with E-state index in [-0.39, 0.29) is 10.6 Å². The van der Waals surface area contributed by atoms with Crippen molar-refractivity contribution in [2.75, 3.05) is 18.6 Å². The fraction of sp³-hybridized carbons (Fsp3) is 0.385. The first-order valence-electron chi connectivity index (χ1n) is 6.14. The number of nitrogens with one attached hydrogen (secondary N) is 1. The van der Waals surface area contributed by atoms with Gasteiger partial charge in [0.2, 0.25) is 5.91 Å². The number of aliphatic carboxylic acids is 1. The second kappa shape index (κ2) is 8.30. The van der Waals surface area contributed by atoms with Gasteiger partial charge in [-0.05, 0) is 17.7 Å². The number of halogens is 4. The van der Waals surface area contributed by atoms with E-state index in [1.807, 2.05) is 0 Å². The molecule has 1 rings (SSSR count). The van der Waals surface area contributed by atoms with Gasteiger partial charge in [-0.2, -0.15) is 13.2 Å². The first-order chi connectivity index (χ1) is 10.6. The van der Waals surface area contributed by atoms with Gasteiger partial charge in [0, 0.05) is 0 Å². The van der Waals surface area contributed by atoms with Crippen LogP contribution in [0.25, 0.3) is 0 Å². The highest BCUT2D eigenvalue weighted by molar-refractivity contribution is 8.00. The van der Waals surface area contributed by atoms with Crippen LogP contribution >= 0.6 is 23.4 Å². The summed E-state index contributed by atoms with van der Waals surface area (Å²) in [6, 6.07) is 2.71. The largest absolute Gasteiger partial charge is 0.495 e. The van der Waals surface area contributed by atoms with Crippen molar-refractivity contribution in [3.05, 3.63) is 28.8 Å². The zero-order chi connectivity index (χ0) is 17.6. The molecule has 0 aliphatic heterocycles. The predicted octanol–water partition coefficient (Wildman–Crippen LogP) is 2.89. The van der Waals surface area contributed by atoms with Crippen LogP contribution in [0.2, 0.25) is 5.02 Å². The molecule has 0 aliphatic rings. The smallest absolute Gasteiger partial charge is 0.397 e. The number of carbonyl (C=O) groups excluding carboxylic acids is 1. The van der Waals surface area contributed by atoms with E-state index < -0.39 is 35.6 Å². The van der Waals surface area contributed by atoms with Gasteiger partial charge in [0.25, 0.3) is 0 Å². The van der Waals surface area contributed by atoms with E-state index in [4.69, 9.17) is 16.3 Å². The molecular formula is C13H13ClF3NO4S. The number of rotatable bonds is 7. The van der Waals surface area contributed by atoms with Crippen LogP contribution in [0.5, 0.6) is 5.75 Å². The fourth-order valence-electron chi connectivity index (χ4n) is 1.61. The molecule has 1 unspecified atom stereocenters. The average molecular weight is 372 g/mol. The molecule has 0 heterocycles. The molecule has 1 amide bonds. The minimum Gasteiger partial charge on any atom is -0.495 e. The van der Waals surface area contributed by atoms with Crippen LogP contribution in [0.1, 0.15) is 11.6 Å². The number of carboxylic acids is 1. The zero-order valence-corrected chi connectivity index (χ0v) is 13.4. The molecule has 1 aromatic carbocycles. The number of hydrogen-bond acceptors (Lipinski definition) is 4. The lowest BCUT2D eigenvalue weighted by Crippen LogP contribution is -2.35. The third kappa shape index (κ3) is 6.57. The van der Waals surface area contributed by atoms with Crippen LogP contribution in [0.4, 0.5) is 13.2 Å². The van der Waals surface area contributed by atoms with Crippen LogP contribution in [0.15, 0.2) is 18.2 Å². The minimum atomic E-state index is -4.39. The van der Waals surface area contributed by atoms with Gasteiger partial charge in [0.1, 0.15) is 5.75 Å². The number of carbonyl (C=O) groups is 2. The second-order valence-electron chi connectivity index (χ2n) is 4.34. The Morgan fingerprint density at radius 1 is 1.43 bits per heavy atom. The van der Waals surface area contributed by atoms with Crippen molar-refractivity contribution in [2.45, 2.75) is 12.2 Å². The number of benzene rings is 1. The van der Waals surface area contributed by atoms with E-state index >= 15 is 0 Å². The molecule has 23 heavy (non-hydrogen) atoms. The highest BCUT2D eigenvalue weighted by Crippen LogP contribution is 2.28. The molecule has 0 radical (unpaired) electrons. The van der Waals surface area contributed by atoms with Crippen molar-refractivity contribution in [3.8, 4) is 5.75 Å². The molecule has 0 aliphatic carbocycles. The molecule has 0 aromatic heterocycles. The number of amides is 1. The lowest BCUT2D eigenvalue weighted by molar-refractivity contribution is -0.141. The summed E-state index contributed by atoms with van der Waals surface area (Å²) in [5.41, 5.74) is 0.178. The summed E-state index contributed by atoms with van der Waals surface area (Å²) < 4.78 is 40.9. The van der Waals surface area contributed by atoms with Crippen molar-refractivity contribution in [3.63, 3.8) is 0 Å². The Morgan fingerprint density at radius 2 is 2.09 bits per heavy atom. The van der Waals surface area contributed by atoms with Crippen molar-refractivity contribution < 1.29 is 32.6 Å². The summed E-state index contributed by atoms with van der Waals surface area (Å²) >= 11 is 6.24. The molecule has 0 saturated heterocycles. The molecular weight excluding hydrogens is 359 g/mol. The standard InChI is InChI=1S/C13H13ClF3NO4S/c1-22-9-3-2-7(4-8(9)14)11(12(20)21)18-10(19)5-23-6-13(15,16)17/h2-4,11H,5-6H2,1H3,(H,18,19)(H,20,21). The molecule has 0 bridgehead atoms. The van der Waals surface area contributed by atoms with Gasteiger partial charge in [-0.25, -0.2) is 4.79 Å². The Balaban J connectivity index is 2.74. The van der Waals surface area contributed by atoms with Gasteiger partial charge in [0.05, 0.1) is 23.6 Å². The van der Waals surface area contributed by atoms with Gasteiger partial charge < -0.3 is 15.2 Å². The molecule has 0 saturated carbocycles. The van der Waals surface area contributed by atoms with E-state index in [0.29, 0.717) is 17.5 Å². The number of thioether (sulfide) groups is 1. The van der Waals surface area contributed by atoms with Crippen molar-refractivity contribution in [2.24, 2.45) is 0 Å². The number of alkyl halides is 3. The SMILES string of the molecule is COc1ccc(C(NC(=O)CSCC(F)(F)F)C(=O)O)cc1Cl. The second-order valence-corrected chi connectivity index (χ2v) is 5.73. The van der Waals surface area contributed by atoms with Gasteiger partial charge in [-0.1, -0.05) is 17.7 Å². The van der Waals surface area contributed by atoms with Gasteiger partial charge >= 0.3 is 12.1 Å². The summed E-state index contributed by atoms with van der Waals surface area (Å²) in [5, 5.41) is 11.5. The summed E-state index contributed by atoms with van der Waals surface area (Å²) in [4.78, 5) is 22.9. The lowest BCUT2D eigenvalue weighted by atomic mass is 10.1. The first kappa shape index (κ1) is 19.4. The minimum absolute atomic E-state index is 0.150. The number of methoxy groups -OCH3 is 1. The maximum Gasteiger partial charge on any atom is 0.397 e. The first-order valence-corrected chi connectivity index (χ1v) is 7.67. The van der Waals surface area contributed by atoms with Gasteiger partial charge in [0.15, 0.2) is 6.04 Å². The quantitative estimate of drug-likeness (QED) is 0.770. The Bertz CT molecular complexity index is 583. The Labute approximate surface area is 139 Å². The van der Waals surface area contributed by atoms with E-state index in [1.54, 1.807) is 0 Å².